The molecule has 18 heavy (non-hydrogen) atoms. The molecule has 1 aromatic heterocycles. The number of Topliss-reactive ketones (excluding diaryl/α,β-unsaturated/α-hetero) is 1. The van der Waals surface area contributed by atoms with Gasteiger partial charge >= 0.3 is 0 Å². The molecule has 0 aliphatic heterocycles. The lowest BCUT2D eigenvalue weighted by Crippen LogP contribution is -2.23. The molecule has 3 heteroatoms. The van der Waals surface area contributed by atoms with Gasteiger partial charge in [0, 0.05) is 35.8 Å². The minimum absolute atomic E-state index is 0.0542. The van der Waals surface area contributed by atoms with Gasteiger partial charge in [-0.25, -0.2) is 0 Å². The van der Waals surface area contributed by atoms with Crippen molar-refractivity contribution in [3.8, 4) is 0 Å². The molecule has 94 valence electrons. The molecule has 2 N–H and O–H groups in total. The van der Waals surface area contributed by atoms with Crippen LogP contribution >= 0.6 is 0 Å². The number of nitrogens with zero attached hydrogens (tertiary/aromatic N) is 1. The monoisotopic (exact) mass is 242 g/mol. The third-order valence-electron chi connectivity index (χ3n) is 3.08. The Bertz CT molecular complexity index is 546. The lowest BCUT2D eigenvalue weighted by Gasteiger charge is -2.10. The van der Waals surface area contributed by atoms with Crippen molar-refractivity contribution in [2.75, 3.05) is 0 Å². The van der Waals surface area contributed by atoms with Crippen molar-refractivity contribution in [1.82, 2.24) is 4.98 Å². The quantitative estimate of drug-likeness (QED) is 0.820. The minimum atomic E-state index is -0.0542. The second kappa shape index (κ2) is 5.74. The smallest absolute Gasteiger partial charge is 0.166 e. The Morgan fingerprint density at radius 3 is 2.89 bits per heavy atom. The van der Waals surface area contributed by atoms with Crippen molar-refractivity contribution < 1.29 is 4.79 Å². The number of carbonyl (C=O) groups excluding carboxylic acids is 1. The molecule has 0 spiro atoms. The zero-order valence-corrected chi connectivity index (χ0v) is 10.6. The van der Waals surface area contributed by atoms with E-state index in [1.165, 1.54) is 0 Å². The molecule has 0 bridgehead atoms. The van der Waals surface area contributed by atoms with E-state index in [1.54, 1.807) is 12.4 Å². The lowest BCUT2D eigenvalue weighted by atomic mass is 9.98. The molecule has 1 aromatic carbocycles. The molecule has 1 heterocycles. The van der Waals surface area contributed by atoms with Gasteiger partial charge in [0.15, 0.2) is 5.78 Å². The number of hydrogen-bond acceptors (Lipinski definition) is 3. The molecule has 0 aliphatic rings. The Morgan fingerprint density at radius 2 is 2.11 bits per heavy atom. The molecular weight excluding hydrogens is 224 g/mol. The zero-order chi connectivity index (χ0) is 13.0. The van der Waals surface area contributed by atoms with E-state index >= 15 is 0 Å². The Labute approximate surface area is 107 Å². The van der Waals surface area contributed by atoms with Crippen LogP contribution in [-0.2, 0) is 0 Å². The topological polar surface area (TPSA) is 56.0 Å². The average molecular weight is 242 g/mol. The molecule has 2 rings (SSSR count). The van der Waals surface area contributed by atoms with Gasteiger partial charge in [-0.2, -0.15) is 0 Å². The number of hydrogen-bond donors (Lipinski definition) is 1. The maximum Gasteiger partial charge on any atom is 0.166 e. The number of ketones is 1. The summed E-state index contributed by atoms with van der Waals surface area (Å²) in [7, 11) is 0. The summed E-state index contributed by atoms with van der Waals surface area (Å²) in [6.07, 6.45) is 5.69. The molecule has 0 radical (unpaired) electrons. The van der Waals surface area contributed by atoms with E-state index in [2.05, 4.69) is 11.9 Å². The molecule has 0 aliphatic carbocycles. The molecule has 0 fully saturated rings. The second-order valence-corrected chi connectivity index (χ2v) is 4.58. The van der Waals surface area contributed by atoms with Crippen LogP contribution in [0.25, 0.3) is 10.8 Å². The van der Waals surface area contributed by atoms with Crippen LogP contribution in [-0.4, -0.2) is 16.8 Å². The highest BCUT2D eigenvalue weighted by Crippen LogP contribution is 2.19. The fraction of sp³-hybridized carbons (Fsp3) is 0.333. The molecular formula is C15H18N2O. The van der Waals surface area contributed by atoms with Crippen LogP contribution in [0.4, 0.5) is 0 Å². The largest absolute Gasteiger partial charge is 0.327 e. The van der Waals surface area contributed by atoms with Crippen molar-refractivity contribution in [2.45, 2.75) is 32.2 Å². The minimum Gasteiger partial charge on any atom is -0.327 e. The maximum atomic E-state index is 12.2. The SMILES string of the molecule is CCCC(N)CC(=O)c1cncc2ccccc12. The molecule has 1 unspecified atom stereocenters. The molecule has 2 aromatic rings. The highest BCUT2D eigenvalue weighted by Gasteiger charge is 2.13. The first-order chi connectivity index (χ1) is 8.72. The summed E-state index contributed by atoms with van der Waals surface area (Å²) in [6.45, 7) is 2.07. The fourth-order valence-corrected chi connectivity index (χ4v) is 2.16. The van der Waals surface area contributed by atoms with Crippen molar-refractivity contribution in [2.24, 2.45) is 5.73 Å². The first-order valence-electron chi connectivity index (χ1n) is 6.34. The zero-order valence-electron chi connectivity index (χ0n) is 10.6. The Balaban J connectivity index is 2.28. The lowest BCUT2D eigenvalue weighted by molar-refractivity contribution is 0.0974. The Morgan fingerprint density at radius 1 is 1.33 bits per heavy atom. The number of carbonyl (C=O) groups is 1. The van der Waals surface area contributed by atoms with Gasteiger partial charge in [-0.1, -0.05) is 37.6 Å². The first-order valence-corrected chi connectivity index (χ1v) is 6.34. The Kier molecular flexibility index (Phi) is 4.05. The Hall–Kier alpha value is -1.74. The highest BCUT2D eigenvalue weighted by atomic mass is 16.1. The van der Waals surface area contributed by atoms with E-state index in [-0.39, 0.29) is 11.8 Å². The molecule has 0 saturated heterocycles. The van der Waals surface area contributed by atoms with E-state index in [4.69, 9.17) is 5.73 Å². The summed E-state index contributed by atoms with van der Waals surface area (Å²) in [4.78, 5) is 16.3. The fourth-order valence-electron chi connectivity index (χ4n) is 2.16. The van der Waals surface area contributed by atoms with E-state index < -0.39 is 0 Å². The van der Waals surface area contributed by atoms with E-state index in [0.29, 0.717) is 12.0 Å². The van der Waals surface area contributed by atoms with E-state index in [0.717, 1.165) is 23.6 Å². The number of nitrogens with two attached hydrogens (primary N) is 1. The van der Waals surface area contributed by atoms with Crippen molar-refractivity contribution in [3.05, 3.63) is 42.2 Å². The predicted molar refractivity (Wildman–Crippen MR) is 73.6 cm³/mol. The van der Waals surface area contributed by atoms with Gasteiger partial charge in [-0.3, -0.25) is 9.78 Å². The van der Waals surface area contributed by atoms with Crippen LogP contribution in [0.5, 0.6) is 0 Å². The third kappa shape index (κ3) is 2.74. The first kappa shape index (κ1) is 12.7. The summed E-state index contributed by atoms with van der Waals surface area (Å²) in [5.41, 5.74) is 6.61. The van der Waals surface area contributed by atoms with E-state index in [9.17, 15) is 4.79 Å². The van der Waals surface area contributed by atoms with Crippen molar-refractivity contribution >= 4 is 16.6 Å². The number of pyridine rings is 1. The van der Waals surface area contributed by atoms with Gasteiger partial charge in [-0.15, -0.1) is 0 Å². The van der Waals surface area contributed by atoms with Crippen LogP contribution < -0.4 is 5.73 Å². The molecule has 3 nitrogen and oxygen atoms in total. The predicted octanol–water partition coefficient (Wildman–Crippen LogP) is 2.94. The molecule has 1 atom stereocenters. The van der Waals surface area contributed by atoms with Gasteiger partial charge in [0.05, 0.1) is 0 Å². The van der Waals surface area contributed by atoms with E-state index in [1.807, 2.05) is 24.3 Å². The number of rotatable bonds is 5. The standard InChI is InChI=1S/C15H18N2O/c1-2-5-12(16)8-15(18)14-10-17-9-11-6-3-4-7-13(11)14/h3-4,6-7,9-10,12H,2,5,8,16H2,1H3. The molecule has 0 saturated carbocycles. The van der Waals surface area contributed by atoms with Gasteiger partial charge in [-0.05, 0) is 11.8 Å². The number of fused-ring (bicyclic) bond motifs is 1. The van der Waals surface area contributed by atoms with Gasteiger partial charge in [0.2, 0.25) is 0 Å². The summed E-state index contributed by atoms with van der Waals surface area (Å²) in [6, 6.07) is 7.74. The summed E-state index contributed by atoms with van der Waals surface area (Å²) in [5.74, 6) is 0.0836. The van der Waals surface area contributed by atoms with Crippen LogP contribution in [0.1, 0.15) is 36.5 Å². The van der Waals surface area contributed by atoms with Gasteiger partial charge in [0.25, 0.3) is 0 Å². The number of benzene rings is 1. The van der Waals surface area contributed by atoms with Crippen molar-refractivity contribution in [1.29, 1.82) is 0 Å². The maximum absolute atomic E-state index is 12.2. The van der Waals surface area contributed by atoms with Gasteiger partial charge in [0.1, 0.15) is 0 Å². The van der Waals surface area contributed by atoms with Crippen LogP contribution in [0.3, 0.4) is 0 Å². The molecule has 0 amide bonds. The second-order valence-electron chi connectivity index (χ2n) is 4.58. The third-order valence-corrected chi connectivity index (χ3v) is 3.08. The average Bonchev–Trinajstić information content (AvgIpc) is 2.38. The summed E-state index contributed by atoms with van der Waals surface area (Å²) < 4.78 is 0. The van der Waals surface area contributed by atoms with Crippen LogP contribution in [0.2, 0.25) is 0 Å². The van der Waals surface area contributed by atoms with Crippen LogP contribution in [0.15, 0.2) is 36.7 Å². The van der Waals surface area contributed by atoms with Crippen LogP contribution in [0, 0.1) is 0 Å². The summed E-state index contributed by atoms with van der Waals surface area (Å²) in [5, 5.41) is 1.95. The highest BCUT2D eigenvalue weighted by molar-refractivity contribution is 6.07. The normalized spacial score (nSPS) is 12.6. The van der Waals surface area contributed by atoms with Gasteiger partial charge < -0.3 is 5.73 Å². The summed E-state index contributed by atoms with van der Waals surface area (Å²) >= 11 is 0. The van der Waals surface area contributed by atoms with Crippen molar-refractivity contribution in [3.63, 3.8) is 0 Å². The number of aromatic nitrogens is 1.